The van der Waals surface area contributed by atoms with E-state index in [0.717, 1.165) is 0 Å². The van der Waals surface area contributed by atoms with Gasteiger partial charge in [0.1, 0.15) is 0 Å². The van der Waals surface area contributed by atoms with Crippen molar-refractivity contribution >= 4 is 17.7 Å². The van der Waals surface area contributed by atoms with Gasteiger partial charge in [0.25, 0.3) is 0 Å². The number of para-hydroxylation sites is 1. The minimum absolute atomic E-state index is 0.0155. The highest BCUT2D eigenvalue weighted by molar-refractivity contribution is 5.99. The van der Waals surface area contributed by atoms with Gasteiger partial charge in [0.15, 0.2) is 0 Å². The summed E-state index contributed by atoms with van der Waals surface area (Å²) in [6.07, 6.45) is 0. The molecule has 2 amide bonds. The highest BCUT2D eigenvalue weighted by atomic mass is 16.4. The molecule has 0 fully saturated rings. The first-order valence-electron chi connectivity index (χ1n) is 6.05. The smallest absolute Gasteiger partial charge is 0.337 e. The van der Waals surface area contributed by atoms with Gasteiger partial charge in [-0.1, -0.05) is 32.9 Å². The highest BCUT2D eigenvalue weighted by Crippen LogP contribution is 2.17. The van der Waals surface area contributed by atoms with E-state index in [1.165, 1.54) is 6.07 Å². The maximum atomic E-state index is 12.0. The maximum Gasteiger partial charge on any atom is 0.337 e. The van der Waals surface area contributed by atoms with E-state index in [2.05, 4.69) is 5.32 Å². The number of hydrogen-bond acceptors (Lipinski definition) is 2. The molecule has 0 saturated carbocycles. The third-order valence-electron chi connectivity index (χ3n) is 2.46. The second kappa shape index (κ2) is 5.73. The molecule has 0 heterocycles. The molecule has 104 valence electrons. The lowest BCUT2D eigenvalue weighted by Gasteiger charge is -2.26. The number of rotatable bonds is 3. The summed E-state index contributed by atoms with van der Waals surface area (Å²) in [6.45, 7) is 6.67. The van der Waals surface area contributed by atoms with Crippen LogP contribution in [0.2, 0.25) is 0 Å². The Morgan fingerprint density at radius 3 is 2.37 bits per heavy atom. The standard InChI is InChI=1S/C14H20N2O3/c1-14(2,3)9-16(4)13(19)15-11-8-6-5-7-10(11)12(17)18/h5-8H,9H2,1-4H3,(H,15,19)(H,17,18). The monoisotopic (exact) mass is 264 g/mol. The Kier molecular flexibility index (Phi) is 4.53. The van der Waals surface area contributed by atoms with Crippen LogP contribution >= 0.6 is 0 Å². The predicted molar refractivity (Wildman–Crippen MR) is 74.5 cm³/mol. The number of hydrogen-bond donors (Lipinski definition) is 2. The molecule has 0 bridgehead atoms. The van der Waals surface area contributed by atoms with Gasteiger partial charge in [-0.3, -0.25) is 0 Å². The van der Waals surface area contributed by atoms with Crippen molar-refractivity contribution in [3.8, 4) is 0 Å². The number of carboxylic acids is 1. The molecular weight excluding hydrogens is 244 g/mol. The van der Waals surface area contributed by atoms with Crippen LogP contribution in [0.3, 0.4) is 0 Å². The quantitative estimate of drug-likeness (QED) is 0.882. The molecule has 2 N–H and O–H groups in total. The van der Waals surface area contributed by atoms with Crippen LogP contribution < -0.4 is 5.32 Å². The molecule has 0 aromatic heterocycles. The number of amides is 2. The largest absolute Gasteiger partial charge is 0.478 e. The molecule has 1 aromatic carbocycles. The number of carbonyl (C=O) groups is 2. The van der Waals surface area contributed by atoms with Crippen molar-refractivity contribution in [1.82, 2.24) is 4.90 Å². The van der Waals surface area contributed by atoms with Crippen molar-refractivity contribution in [2.75, 3.05) is 18.9 Å². The lowest BCUT2D eigenvalue weighted by atomic mass is 9.96. The van der Waals surface area contributed by atoms with Crippen LogP contribution in [0, 0.1) is 5.41 Å². The van der Waals surface area contributed by atoms with Crippen molar-refractivity contribution in [3.63, 3.8) is 0 Å². The predicted octanol–water partition coefficient (Wildman–Crippen LogP) is 2.89. The van der Waals surface area contributed by atoms with Crippen molar-refractivity contribution in [3.05, 3.63) is 29.8 Å². The molecule has 1 aromatic rings. The third-order valence-corrected chi connectivity index (χ3v) is 2.46. The average molecular weight is 264 g/mol. The zero-order valence-corrected chi connectivity index (χ0v) is 11.7. The summed E-state index contributed by atoms with van der Waals surface area (Å²) in [5.41, 5.74) is 0.374. The zero-order chi connectivity index (χ0) is 14.6. The Morgan fingerprint density at radius 1 is 1.26 bits per heavy atom. The Labute approximate surface area is 113 Å². The molecule has 0 unspecified atom stereocenters. The molecule has 0 radical (unpaired) electrons. The summed E-state index contributed by atoms with van der Waals surface area (Å²) < 4.78 is 0. The molecule has 5 nitrogen and oxygen atoms in total. The Hall–Kier alpha value is -2.04. The Morgan fingerprint density at radius 2 is 1.84 bits per heavy atom. The van der Waals surface area contributed by atoms with E-state index in [0.29, 0.717) is 12.2 Å². The number of nitrogens with zero attached hydrogens (tertiary/aromatic N) is 1. The molecule has 0 aliphatic heterocycles. The normalized spacial score (nSPS) is 10.9. The minimum Gasteiger partial charge on any atom is -0.478 e. The highest BCUT2D eigenvalue weighted by Gasteiger charge is 2.19. The molecule has 1 rings (SSSR count). The molecule has 0 spiro atoms. The van der Waals surface area contributed by atoms with Gasteiger partial charge in [0.05, 0.1) is 11.3 Å². The van der Waals surface area contributed by atoms with Crippen LogP contribution in [0.1, 0.15) is 31.1 Å². The number of carboxylic acid groups (broad SMARTS) is 1. The lowest BCUT2D eigenvalue weighted by molar-refractivity contribution is 0.0698. The van der Waals surface area contributed by atoms with Crippen molar-refractivity contribution < 1.29 is 14.7 Å². The van der Waals surface area contributed by atoms with E-state index in [9.17, 15) is 9.59 Å². The van der Waals surface area contributed by atoms with Crippen LogP contribution in [-0.4, -0.2) is 35.6 Å². The SMILES string of the molecule is CN(CC(C)(C)C)C(=O)Nc1ccccc1C(=O)O. The lowest BCUT2D eigenvalue weighted by Crippen LogP contribution is -2.37. The van der Waals surface area contributed by atoms with Gasteiger partial charge in [0, 0.05) is 13.6 Å². The third kappa shape index (κ3) is 4.62. The second-order valence-electron chi connectivity index (χ2n) is 5.70. The van der Waals surface area contributed by atoms with Gasteiger partial charge >= 0.3 is 12.0 Å². The summed E-state index contributed by atoms with van der Waals surface area (Å²) in [4.78, 5) is 24.6. The van der Waals surface area contributed by atoms with Crippen LogP contribution in [0.4, 0.5) is 10.5 Å². The number of benzene rings is 1. The summed E-state index contributed by atoms with van der Waals surface area (Å²) in [6, 6.07) is 6.03. The topological polar surface area (TPSA) is 69.6 Å². The number of carbonyl (C=O) groups excluding carboxylic acids is 1. The zero-order valence-electron chi connectivity index (χ0n) is 11.7. The summed E-state index contributed by atoms with van der Waals surface area (Å²) in [5, 5.41) is 11.7. The van der Waals surface area contributed by atoms with Crippen molar-refractivity contribution in [2.24, 2.45) is 5.41 Å². The fraction of sp³-hybridized carbons (Fsp3) is 0.429. The average Bonchev–Trinajstić information content (AvgIpc) is 2.27. The van der Waals surface area contributed by atoms with E-state index in [4.69, 9.17) is 5.11 Å². The molecule has 0 saturated heterocycles. The van der Waals surface area contributed by atoms with Crippen LogP contribution in [0.25, 0.3) is 0 Å². The van der Waals surface area contributed by atoms with Crippen LogP contribution in [-0.2, 0) is 0 Å². The molecule has 19 heavy (non-hydrogen) atoms. The van der Waals surface area contributed by atoms with Gasteiger partial charge in [-0.25, -0.2) is 9.59 Å². The summed E-state index contributed by atoms with van der Waals surface area (Å²) in [7, 11) is 1.68. The first-order valence-corrected chi connectivity index (χ1v) is 6.05. The van der Waals surface area contributed by atoms with Crippen LogP contribution in [0.15, 0.2) is 24.3 Å². The molecule has 0 aliphatic rings. The van der Waals surface area contributed by atoms with Gasteiger partial charge in [-0.05, 0) is 17.5 Å². The van der Waals surface area contributed by atoms with E-state index < -0.39 is 5.97 Å². The fourth-order valence-electron chi connectivity index (χ4n) is 1.77. The molecular formula is C14H20N2O3. The van der Waals surface area contributed by atoms with Gasteiger partial charge in [-0.15, -0.1) is 0 Å². The van der Waals surface area contributed by atoms with Crippen molar-refractivity contribution in [2.45, 2.75) is 20.8 Å². The molecule has 0 aliphatic carbocycles. The number of aromatic carboxylic acids is 1. The van der Waals surface area contributed by atoms with E-state index in [1.807, 2.05) is 20.8 Å². The van der Waals surface area contributed by atoms with E-state index in [1.54, 1.807) is 30.1 Å². The van der Waals surface area contributed by atoms with Crippen molar-refractivity contribution in [1.29, 1.82) is 0 Å². The second-order valence-corrected chi connectivity index (χ2v) is 5.70. The Balaban J connectivity index is 2.80. The van der Waals surface area contributed by atoms with Gasteiger partial charge < -0.3 is 15.3 Å². The molecule has 5 heteroatoms. The maximum absolute atomic E-state index is 12.0. The van der Waals surface area contributed by atoms with Gasteiger partial charge in [-0.2, -0.15) is 0 Å². The number of nitrogens with one attached hydrogen (secondary N) is 1. The van der Waals surface area contributed by atoms with Gasteiger partial charge in [0.2, 0.25) is 0 Å². The fourth-order valence-corrected chi connectivity index (χ4v) is 1.77. The summed E-state index contributed by atoms with van der Waals surface area (Å²) in [5.74, 6) is -1.06. The summed E-state index contributed by atoms with van der Waals surface area (Å²) >= 11 is 0. The Bertz CT molecular complexity index is 478. The first-order chi connectivity index (χ1) is 8.70. The first kappa shape index (κ1) is 15.0. The number of anilines is 1. The molecule has 0 atom stereocenters. The van der Waals surface area contributed by atoms with Crippen LogP contribution in [0.5, 0.6) is 0 Å². The minimum atomic E-state index is -1.06. The van der Waals surface area contributed by atoms with E-state index in [-0.39, 0.29) is 17.0 Å². The van der Waals surface area contributed by atoms with E-state index >= 15 is 0 Å². The number of urea groups is 1.